The van der Waals surface area contributed by atoms with Crippen LogP contribution in [0.25, 0.3) is 0 Å². The molecule has 1 amide bonds. The van der Waals surface area contributed by atoms with E-state index < -0.39 is 5.82 Å². The third-order valence-corrected chi connectivity index (χ3v) is 2.65. The minimum Gasteiger partial charge on any atom is -0.399 e. The van der Waals surface area contributed by atoms with Gasteiger partial charge < -0.3 is 11.1 Å². The first-order valence-electron chi connectivity index (χ1n) is 4.88. The summed E-state index contributed by atoms with van der Waals surface area (Å²) in [5.41, 5.74) is 5.76. The molecule has 0 radical (unpaired) electrons. The Morgan fingerprint density at radius 3 is 2.80 bits per heavy atom. The lowest BCUT2D eigenvalue weighted by atomic mass is 10.1. The Balaban J connectivity index is 2.21. The molecule has 4 heteroatoms. The lowest BCUT2D eigenvalue weighted by Crippen LogP contribution is -2.34. The number of nitrogens with one attached hydrogen (secondary N) is 1. The SMILES string of the molecule is CC1(NC(=O)c2cc(N)ccc2F)CC1. The third-order valence-electron chi connectivity index (χ3n) is 2.65. The molecule has 1 aliphatic carbocycles. The van der Waals surface area contributed by atoms with Gasteiger partial charge in [0, 0.05) is 11.2 Å². The van der Waals surface area contributed by atoms with Crippen LogP contribution in [0.3, 0.4) is 0 Å². The van der Waals surface area contributed by atoms with Gasteiger partial charge in [-0.25, -0.2) is 4.39 Å². The summed E-state index contributed by atoms with van der Waals surface area (Å²) in [6.07, 6.45) is 1.89. The number of carbonyl (C=O) groups excluding carboxylic acids is 1. The van der Waals surface area contributed by atoms with Gasteiger partial charge in [0.1, 0.15) is 5.82 Å². The van der Waals surface area contributed by atoms with E-state index in [-0.39, 0.29) is 17.0 Å². The van der Waals surface area contributed by atoms with Crippen molar-refractivity contribution in [2.75, 3.05) is 5.73 Å². The molecule has 3 N–H and O–H groups in total. The Bertz CT molecular complexity index is 413. The minimum atomic E-state index is -0.536. The largest absolute Gasteiger partial charge is 0.399 e. The first-order chi connectivity index (χ1) is 7.00. The van der Waals surface area contributed by atoms with Crippen LogP contribution in [-0.2, 0) is 0 Å². The highest BCUT2D eigenvalue weighted by Gasteiger charge is 2.39. The lowest BCUT2D eigenvalue weighted by Gasteiger charge is -2.12. The van der Waals surface area contributed by atoms with E-state index in [1.165, 1.54) is 18.2 Å². The maximum absolute atomic E-state index is 13.3. The van der Waals surface area contributed by atoms with Crippen LogP contribution in [0.1, 0.15) is 30.1 Å². The minimum absolute atomic E-state index is 0.0168. The van der Waals surface area contributed by atoms with Gasteiger partial charge in [0.05, 0.1) is 5.56 Å². The molecule has 0 atom stereocenters. The molecule has 80 valence electrons. The summed E-state index contributed by atoms with van der Waals surface area (Å²) in [5.74, 6) is -0.925. The van der Waals surface area contributed by atoms with E-state index in [1.54, 1.807) is 0 Å². The predicted octanol–water partition coefficient (Wildman–Crippen LogP) is 1.69. The molecule has 0 bridgehead atoms. The Morgan fingerprint density at radius 1 is 1.53 bits per heavy atom. The number of anilines is 1. The van der Waals surface area contributed by atoms with Crippen LogP contribution in [-0.4, -0.2) is 11.4 Å². The second-order valence-corrected chi connectivity index (χ2v) is 4.25. The van der Waals surface area contributed by atoms with Crippen molar-refractivity contribution in [1.29, 1.82) is 0 Å². The van der Waals surface area contributed by atoms with E-state index >= 15 is 0 Å². The van der Waals surface area contributed by atoms with Gasteiger partial charge in [-0.15, -0.1) is 0 Å². The second kappa shape index (κ2) is 3.22. The topological polar surface area (TPSA) is 55.1 Å². The number of halogens is 1. The zero-order valence-corrected chi connectivity index (χ0v) is 8.51. The van der Waals surface area contributed by atoms with Crippen LogP contribution < -0.4 is 11.1 Å². The number of hydrogen-bond donors (Lipinski definition) is 2. The van der Waals surface area contributed by atoms with Crippen LogP contribution in [0.15, 0.2) is 18.2 Å². The molecule has 0 aliphatic heterocycles. The Labute approximate surface area is 87.5 Å². The highest BCUT2D eigenvalue weighted by molar-refractivity contribution is 5.96. The number of benzene rings is 1. The number of rotatable bonds is 2. The van der Waals surface area contributed by atoms with Crippen molar-refractivity contribution in [2.24, 2.45) is 0 Å². The average molecular weight is 208 g/mol. The van der Waals surface area contributed by atoms with Crippen LogP contribution in [0.2, 0.25) is 0 Å². The standard InChI is InChI=1S/C11H13FN2O/c1-11(4-5-11)14-10(15)8-6-7(13)2-3-9(8)12/h2-3,6H,4-5,13H2,1H3,(H,14,15). The van der Waals surface area contributed by atoms with Gasteiger partial charge in [-0.1, -0.05) is 0 Å². The summed E-state index contributed by atoms with van der Waals surface area (Å²) in [6, 6.07) is 4.00. The fraction of sp³-hybridized carbons (Fsp3) is 0.364. The lowest BCUT2D eigenvalue weighted by molar-refractivity contribution is 0.0931. The highest BCUT2D eigenvalue weighted by atomic mass is 19.1. The van der Waals surface area contributed by atoms with Gasteiger partial charge in [-0.2, -0.15) is 0 Å². The van der Waals surface area contributed by atoms with Gasteiger partial charge in [-0.05, 0) is 38.0 Å². The van der Waals surface area contributed by atoms with Crippen molar-refractivity contribution in [3.8, 4) is 0 Å². The number of nitrogen functional groups attached to an aromatic ring is 1. The van der Waals surface area contributed by atoms with Gasteiger partial charge in [0.25, 0.3) is 5.91 Å². The molecule has 0 heterocycles. The molecule has 0 aromatic heterocycles. The van der Waals surface area contributed by atoms with Crippen LogP contribution in [0, 0.1) is 5.82 Å². The molecule has 0 saturated heterocycles. The van der Waals surface area contributed by atoms with Crippen molar-refractivity contribution < 1.29 is 9.18 Å². The van der Waals surface area contributed by atoms with Gasteiger partial charge in [0.2, 0.25) is 0 Å². The first-order valence-corrected chi connectivity index (χ1v) is 4.88. The number of nitrogens with two attached hydrogens (primary N) is 1. The molecule has 0 spiro atoms. The fourth-order valence-corrected chi connectivity index (χ4v) is 1.37. The maximum atomic E-state index is 13.3. The number of hydrogen-bond acceptors (Lipinski definition) is 2. The zero-order chi connectivity index (χ0) is 11.1. The fourth-order valence-electron chi connectivity index (χ4n) is 1.37. The van der Waals surface area contributed by atoms with Crippen LogP contribution >= 0.6 is 0 Å². The molecule has 2 rings (SSSR count). The Morgan fingerprint density at radius 2 is 2.20 bits per heavy atom. The summed E-state index contributed by atoms with van der Waals surface area (Å²) in [6.45, 7) is 1.94. The predicted molar refractivity (Wildman–Crippen MR) is 55.9 cm³/mol. The Hall–Kier alpha value is -1.58. The van der Waals surface area contributed by atoms with E-state index in [2.05, 4.69) is 5.32 Å². The molecular formula is C11H13FN2O. The molecule has 1 aliphatic rings. The number of amides is 1. The normalized spacial score (nSPS) is 17.2. The summed E-state index contributed by atoms with van der Waals surface area (Å²) >= 11 is 0. The summed E-state index contributed by atoms with van der Waals surface area (Å²) in [5, 5.41) is 2.78. The van der Waals surface area contributed by atoms with Crippen molar-refractivity contribution in [3.05, 3.63) is 29.6 Å². The van der Waals surface area contributed by atoms with Crippen molar-refractivity contribution >= 4 is 11.6 Å². The summed E-state index contributed by atoms with van der Waals surface area (Å²) in [4.78, 5) is 11.7. The quantitative estimate of drug-likeness (QED) is 0.727. The van der Waals surface area contributed by atoms with Crippen molar-refractivity contribution in [3.63, 3.8) is 0 Å². The van der Waals surface area contributed by atoms with E-state index in [4.69, 9.17) is 5.73 Å². The molecule has 1 aromatic rings. The average Bonchev–Trinajstić information content (AvgIpc) is 2.87. The molecule has 0 unspecified atom stereocenters. The van der Waals surface area contributed by atoms with Crippen molar-refractivity contribution in [2.45, 2.75) is 25.3 Å². The van der Waals surface area contributed by atoms with Crippen LogP contribution in [0.4, 0.5) is 10.1 Å². The highest BCUT2D eigenvalue weighted by Crippen LogP contribution is 2.34. The van der Waals surface area contributed by atoms with Gasteiger partial charge in [-0.3, -0.25) is 4.79 Å². The smallest absolute Gasteiger partial charge is 0.254 e. The van der Waals surface area contributed by atoms with E-state index in [0.717, 1.165) is 12.8 Å². The maximum Gasteiger partial charge on any atom is 0.254 e. The van der Waals surface area contributed by atoms with E-state index in [0.29, 0.717) is 5.69 Å². The zero-order valence-electron chi connectivity index (χ0n) is 8.51. The number of carbonyl (C=O) groups is 1. The molecule has 15 heavy (non-hydrogen) atoms. The summed E-state index contributed by atoms with van der Waals surface area (Å²) < 4.78 is 13.3. The monoisotopic (exact) mass is 208 g/mol. The van der Waals surface area contributed by atoms with Crippen molar-refractivity contribution in [1.82, 2.24) is 5.32 Å². The molecule has 1 fully saturated rings. The van der Waals surface area contributed by atoms with E-state index in [9.17, 15) is 9.18 Å². The van der Waals surface area contributed by atoms with E-state index in [1.807, 2.05) is 6.92 Å². The summed E-state index contributed by atoms with van der Waals surface area (Å²) in [7, 11) is 0. The third kappa shape index (κ3) is 2.09. The first kappa shape index (κ1) is 9.96. The Kier molecular flexibility index (Phi) is 2.14. The second-order valence-electron chi connectivity index (χ2n) is 4.25. The molecule has 3 nitrogen and oxygen atoms in total. The van der Waals surface area contributed by atoms with Gasteiger partial charge >= 0.3 is 0 Å². The molecule has 1 saturated carbocycles. The molecule has 1 aromatic carbocycles. The van der Waals surface area contributed by atoms with Gasteiger partial charge in [0.15, 0.2) is 0 Å². The van der Waals surface area contributed by atoms with Crippen LogP contribution in [0.5, 0.6) is 0 Å². The molecular weight excluding hydrogens is 195 g/mol.